The molecule has 4 aromatic rings. The molecule has 3 aromatic heterocycles. The number of carbonyl (C=O) groups is 1. The summed E-state index contributed by atoms with van der Waals surface area (Å²) in [7, 11) is 1.83. The first-order chi connectivity index (χ1) is 17.2. The highest BCUT2D eigenvalue weighted by molar-refractivity contribution is 5.95. The van der Waals surface area contributed by atoms with Gasteiger partial charge in [0.25, 0.3) is 5.91 Å². The quantitative estimate of drug-likeness (QED) is 0.429. The maximum absolute atomic E-state index is 13.2. The Hall–Kier alpha value is -3.60. The molecular formula is C26H31N7O3. The fourth-order valence-corrected chi connectivity index (χ4v) is 4.41. The SMILES string of the molecule is Cn1cc(-c2cc(C(=O)/N=c3\[nH]c4cc(CN5CCOCC5)ccc4n3CC(C)(C)O)ccn2)cn1. The van der Waals surface area contributed by atoms with E-state index in [4.69, 9.17) is 4.74 Å². The van der Waals surface area contributed by atoms with Crippen LogP contribution in [-0.4, -0.2) is 72.1 Å². The average molecular weight is 490 g/mol. The number of imidazole rings is 1. The molecule has 0 atom stereocenters. The smallest absolute Gasteiger partial charge is 0.280 e. The minimum atomic E-state index is -0.996. The zero-order chi connectivity index (χ0) is 25.3. The number of pyridine rings is 1. The molecule has 1 aromatic carbocycles. The van der Waals surface area contributed by atoms with Gasteiger partial charge < -0.3 is 19.4 Å². The van der Waals surface area contributed by atoms with E-state index >= 15 is 0 Å². The van der Waals surface area contributed by atoms with Crippen molar-refractivity contribution in [3.8, 4) is 11.3 Å². The van der Waals surface area contributed by atoms with E-state index in [9.17, 15) is 9.90 Å². The normalized spacial score (nSPS) is 15.6. The molecule has 36 heavy (non-hydrogen) atoms. The Morgan fingerprint density at radius 2 is 2.03 bits per heavy atom. The monoisotopic (exact) mass is 489 g/mol. The van der Waals surface area contributed by atoms with Gasteiger partial charge in [-0.2, -0.15) is 10.1 Å². The maximum atomic E-state index is 13.2. The van der Waals surface area contributed by atoms with Crippen LogP contribution in [0, 0.1) is 0 Å². The lowest BCUT2D eigenvalue weighted by molar-refractivity contribution is 0.0342. The van der Waals surface area contributed by atoms with E-state index in [1.54, 1.807) is 43.1 Å². The van der Waals surface area contributed by atoms with Gasteiger partial charge in [0.2, 0.25) is 5.62 Å². The molecule has 0 spiro atoms. The van der Waals surface area contributed by atoms with E-state index < -0.39 is 11.5 Å². The van der Waals surface area contributed by atoms with E-state index in [0.29, 0.717) is 16.9 Å². The highest BCUT2D eigenvalue weighted by atomic mass is 16.5. The lowest BCUT2D eigenvalue weighted by Gasteiger charge is -2.26. The number of morpholine rings is 1. The van der Waals surface area contributed by atoms with Crippen molar-refractivity contribution in [1.82, 2.24) is 29.2 Å². The molecule has 0 saturated carbocycles. The van der Waals surface area contributed by atoms with Gasteiger partial charge in [0.05, 0.1) is 48.3 Å². The molecule has 5 rings (SSSR count). The van der Waals surface area contributed by atoms with Gasteiger partial charge in [-0.25, -0.2) is 0 Å². The van der Waals surface area contributed by atoms with Crippen molar-refractivity contribution >= 4 is 16.9 Å². The molecule has 188 valence electrons. The van der Waals surface area contributed by atoms with Gasteiger partial charge in [0.1, 0.15) is 0 Å². The Bertz CT molecular complexity index is 1450. The summed E-state index contributed by atoms with van der Waals surface area (Å²) in [5, 5.41) is 14.7. The van der Waals surface area contributed by atoms with Crippen LogP contribution in [0.2, 0.25) is 0 Å². The van der Waals surface area contributed by atoms with Crippen LogP contribution in [0.5, 0.6) is 0 Å². The second-order valence-electron chi connectivity index (χ2n) is 9.84. The van der Waals surface area contributed by atoms with Crippen LogP contribution in [-0.2, 0) is 24.9 Å². The van der Waals surface area contributed by atoms with Crippen LogP contribution < -0.4 is 5.62 Å². The molecule has 1 fully saturated rings. The lowest BCUT2D eigenvalue weighted by atomic mass is 10.1. The molecule has 4 heterocycles. The minimum absolute atomic E-state index is 0.277. The molecule has 1 saturated heterocycles. The van der Waals surface area contributed by atoms with Crippen LogP contribution in [0.15, 0.2) is 53.9 Å². The first kappa shape index (κ1) is 24.1. The first-order valence-corrected chi connectivity index (χ1v) is 12.0. The van der Waals surface area contributed by atoms with Gasteiger partial charge in [-0.3, -0.25) is 19.4 Å². The van der Waals surface area contributed by atoms with Gasteiger partial charge in [0.15, 0.2) is 0 Å². The van der Waals surface area contributed by atoms with Crippen molar-refractivity contribution < 1.29 is 14.6 Å². The molecule has 0 unspecified atom stereocenters. The number of ether oxygens (including phenoxy) is 1. The predicted octanol–water partition coefficient (Wildman–Crippen LogP) is 2.11. The average Bonchev–Trinajstić information content (AvgIpc) is 3.42. The summed E-state index contributed by atoms with van der Waals surface area (Å²) in [6.07, 6.45) is 5.15. The Morgan fingerprint density at radius 1 is 1.22 bits per heavy atom. The van der Waals surface area contributed by atoms with Crippen LogP contribution in [0.1, 0.15) is 29.8 Å². The Balaban J connectivity index is 1.51. The van der Waals surface area contributed by atoms with Gasteiger partial charge >= 0.3 is 0 Å². The third-order valence-electron chi connectivity index (χ3n) is 6.12. The zero-order valence-corrected chi connectivity index (χ0v) is 20.8. The van der Waals surface area contributed by atoms with Crippen molar-refractivity contribution in [2.45, 2.75) is 32.5 Å². The number of nitrogens with one attached hydrogen (secondary N) is 1. The zero-order valence-electron chi connectivity index (χ0n) is 20.8. The highest BCUT2D eigenvalue weighted by Crippen LogP contribution is 2.19. The molecule has 1 aliphatic rings. The largest absolute Gasteiger partial charge is 0.389 e. The molecule has 2 N–H and O–H groups in total. The molecule has 1 amide bonds. The number of hydrogen-bond donors (Lipinski definition) is 2. The molecular weight excluding hydrogens is 458 g/mol. The Morgan fingerprint density at radius 3 is 2.75 bits per heavy atom. The van der Waals surface area contributed by atoms with Gasteiger partial charge in [0, 0.05) is 50.2 Å². The number of fused-ring (bicyclic) bond motifs is 1. The summed E-state index contributed by atoms with van der Waals surface area (Å²) >= 11 is 0. The number of H-pyrrole nitrogens is 1. The Labute approximate surface area is 208 Å². The highest BCUT2D eigenvalue weighted by Gasteiger charge is 2.19. The number of carbonyl (C=O) groups excluding carboxylic acids is 1. The van der Waals surface area contributed by atoms with Crippen molar-refractivity contribution in [3.63, 3.8) is 0 Å². The van der Waals surface area contributed by atoms with Crippen molar-refractivity contribution in [2.24, 2.45) is 12.0 Å². The summed E-state index contributed by atoms with van der Waals surface area (Å²) in [6, 6.07) is 9.55. The van der Waals surface area contributed by atoms with Crippen molar-refractivity contribution in [1.29, 1.82) is 0 Å². The third-order valence-corrected chi connectivity index (χ3v) is 6.12. The second-order valence-corrected chi connectivity index (χ2v) is 9.84. The number of benzene rings is 1. The number of hydrogen-bond acceptors (Lipinski definition) is 6. The minimum Gasteiger partial charge on any atom is -0.389 e. The number of aromatic nitrogens is 5. The number of aryl methyl sites for hydroxylation is 1. The lowest BCUT2D eigenvalue weighted by Crippen LogP contribution is -2.35. The fourth-order valence-electron chi connectivity index (χ4n) is 4.41. The van der Waals surface area contributed by atoms with Crippen molar-refractivity contribution in [2.75, 3.05) is 26.3 Å². The van der Waals surface area contributed by atoms with E-state index in [-0.39, 0.29) is 6.54 Å². The van der Waals surface area contributed by atoms with Gasteiger partial charge in [-0.15, -0.1) is 0 Å². The van der Waals surface area contributed by atoms with Gasteiger partial charge in [-0.1, -0.05) is 6.07 Å². The standard InChI is InChI=1S/C26H31N7O3/c1-26(2,35)17-33-23-5-4-18(15-32-8-10-36-11-9-32)12-22(23)29-25(33)30-24(34)19-6-7-27-21(13-19)20-14-28-31(3)16-20/h4-7,12-14,16,35H,8-11,15,17H2,1-3H3,(H,29,30,34). The van der Waals surface area contributed by atoms with E-state index in [1.807, 2.05) is 23.9 Å². The van der Waals surface area contributed by atoms with Crippen LogP contribution in [0.4, 0.5) is 0 Å². The summed E-state index contributed by atoms with van der Waals surface area (Å²) < 4.78 is 9.00. The molecule has 10 nitrogen and oxygen atoms in total. The van der Waals surface area contributed by atoms with Crippen LogP contribution in [0.25, 0.3) is 22.3 Å². The number of aliphatic hydroxyl groups is 1. The maximum Gasteiger partial charge on any atom is 0.280 e. The fraction of sp³-hybridized carbons (Fsp3) is 0.385. The number of nitrogens with zero attached hydrogens (tertiary/aromatic N) is 6. The summed E-state index contributed by atoms with van der Waals surface area (Å²) in [5.41, 5.74) is 4.19. The van der Waals surface area contributed by atoms with E-state index in [0.717, 1.165) is 55.0 Å². The molecule has 10 heteroatoms. The second kappa shape index (κ2) is 9.81. The molecule has 0 aliphatic carbocycles. The van der Waals surface area contributed by atoms with E-state index in [1.165, 1.54) is 0 Å². The molecule has 0 bridgehead atoms. The third kappa shape index (κ3) is 5.46. The summed E-state index contributed by atoms with van der Waals surface area (Å²) in [5.74, 6) is -0.396. The molecule has 0 radical (unpaired) electrons. The number of amides is 1. The number of rotatable bonds is 6. The van der Waals surface area contributed by atoms with E-state index in [2.05, 4.69) is 37.1 Å². The molecule has 1 aliphatic heterocycles. The number of aromatic amines is 1. The van der Waals surface area contributed by atoms with Gasteiger partial charge in [-0.05, 0) is 43.7 Å². The Kier molecular flexibility index (Phi) is 6.57. The topological polar surface area (TPSA) is 114 Å². The summed E-state index contributed by atoms with van der Waals surface area (Å²) in [4.78, 5) is 27.6. The van der Waals surface area contributed by atoms with Crippen molar-refractivity contribution in [3.05, 3.63) is 65.7 Å². The summed E-state index contributed by atoms with van der Waals surface area (Å²) in [6.45, 7) is 7.88. The van der Waals surface area contributed by atoms with Crippen LogP contribution in [0.3, 0.4) is 0 Å². The van der Waals surface area contributed by atoms with Crippen LogP contribution >= 0.6 is 0 Å². The predicted molar refractivity (Wildman–Crippen MR) is 135 cm³/mol. The first-order valence-electron chi connectivity index (χ1n) is 12.0.